The van der Waals surface area contributed by atoms with Crippen molar-refractivity contribution in [1.29, 1.82) is 0 Å². The first-order chi connectivity index (χ1) is 19.5. The van der Waals surface area contributed by atoms with Crippen LogP contribution in [0.2, 0.25) is 5.02 Å². The molecule has 0 unspecified atom stereocenters. The van der Waals surface area contributed by atoms with Gasteiger partial charge in [-0.1, -0.05) is 18.2 Å². The van der Waals surface area contributed by atoms with Crippen LogP contribution in [0.1, 0.15) is 24.5 Å². The number of carbonyl (C=O) groups is 1. The average Bonchev–Trinajstić information content (AvgIpc) is 3.26. The summed E-state index contributed by atoms with van der Waals surface area (Å²) in [6.45, 7) is 11.0. The number of alkyl halides is 1. The molecular weight excluding hydrogens is 552 g/mol. The van der Waals surface area contributed by atoms with Gasteiger partial charge in [0.05, 0.1) is 16.3 Å². The van der Waals surface area contributed by atoms with Crippen molar-refractivity contribution in [1.82, 2.24) is 24.8 Å². The molecule has 41 heavy (non-hydrogen) atoms. The van der Waals surface area contributed by atoms with Crippen molar-refractivity contribution in [3.63, 3.8) is 0 Å². The van der Waals surface area contributed by atoms with Gasteiger partial charge in [0, 0.05) is 43.6 Å². The van der Waals surface area contributed by atoms with Gasteiger partial charge in [-0.15, -0.1) is 0 Å². The number of hydrogen-bond donors (Lipinski definition) is 1. The van der Waals surface area contributed by atoms with Crippen LogP contribution < -0.4 is 15.4 Å². The lowest BCUT2D eigenvalue weighted by atomic mass is 10.00. The molecule has 2 aliphatic rings. The Kier molecular flexibility index (Phi) is 8.02. The van der Waals surface area contributed by atoms with Crippen molar-refractivity contribution in [3.8, 4) is 17.3 Å². The second kappa shape index (κ2) is 11.4. The summed E-state index contributed by atoms with van der Waals surface area (Å²) < 4.78 is 36.4. The number of halogens is 3. The van der Waals surface area contributed by atoms with Gasteiger partial charge in [-0.05, 0) is 63.6 Å². The first kappa shape index (κ1) is 28.9. The zero-order valence-electron chi connectivity index (χ0n) is 23.6. The van der Waals surface area contributed by atoms with E-state index in [-0.39, 0.29) is 52.5 Å². The lowest BCUT2D eigenvalue weighted by Crippen LogP contribution is -2.53. The second-order valence-corrected chi connectivity index (χ2v) is 11.3. The van der Waals surface area contributed by atoms with Crippen molar-refractivity contribution in [2.24, 2.45) is 0 Å². The van der Waals surface area contributed by atoms with E-state index in [4.69, 9.17) is 27.1 Å². The molecule has 0 saturated carbocycles. The summed E-state index contributed by atoms with van der Waals surface area (Å²) >= 11 is 6.74. The summed E-state index contributed by atoms with van der Waals surface area (Å²) in [6.07, 6.45) is 0.694. The van der Waals surface area contributed by atoms with Crippen LogP contribution in [-0.2, 0) is 4.79 Å². The number of piperazine rings is 1. The van der Waals surface area contributed by atoms with E-state index in [9.17, 15) is 9.18 Å². The van der Waals surface area contributed by atoms with E-state index in [1.54, 1.807) is 17.0 Å². The maximum Gasteiger partial charge on any atom is 0.319 e. The number of benzene rings is 1. The summed E-state index contributed by atoms with van der Waals surface area (Å²) in [5, 5.41) is 0.544. The molecule has 0 bridgehead atoms. The zero-order valence-corrected chi connectivity index (χ0v) is 24.4. The Hall–Kier alpha value is -3.57. The number of nitrogen functional groups attached to an aromatic ring is 1. The van der Waals surface area contributed by atoms with Crippen molar-refractivity contribution >= 4 is 40.0 Å². The van der Waals surface area contributed by atoms with Gasteiger partial charge in [0.25, 0.3) is 0 Å². The van der Waals surface area contributed by atoms with Crippen LogP contribution in [0.5, 0.6) is 6.01 Å². The van der Waals surface area contributed by atoms with Gasteiger partial charge in [-0.3, -0.25) is 9.69 Å². The molecule has 1 aromatic carbocycles. The first-order valence-corrected chi connectivity index (χ1v) is 13.9. The Bertz CT molecular complexity index is 1520. The van der Waals surface area contributed by atoms with Gasteiger partial charge in [-0.2, -0.15) is 9.97 Å². The van der Waals surface area contributed by atoms with Crippen LogP contribution in [0, 0.1) is 19.7 Å². The highest BCUT2D eigenvalue weighted by atomic mass is 35.5. The first-order valence-electron chi connectivity index (χ1n) is 13.6. The number of ether oxygens (including phenoxy) is 1. The smallest absolute Gasteiger partial charge is 0.319 e. The lowest BCUT2D eigenvalue weighted by molar-refractivity contribution is -0.126. The molecule has 3 atom stereocenters. The standard InChI is InChI=1S/C29H34ClF2N7O2/c1-6-23(40)38-7-8-39(16(3)12-38)28-20-11-21(30)24(26-17(4)15(2)9-22(33)34-26)25(32)27(20)35-29(36-28)41-14-19-10-18(31)13-37(19)5/h6,9,11,16,18-19H,1,7-8,10,12-14H2,2-5H3,(H2,33,34)/t16-,18+,19-/m0/s1. The molecule has 1 amide bonds. The Morgan fingerprint density at radius 2 is 2.00 bits per heavy atom. The van der Waals surface area contributed by atoms with Gasteiger partial charge < -0.3 is 20.3 Å². The number of amides is 1. The SMILES string of the molecule is C=CC(=O)N1CCN(c2nc(OC[C@@H]3C[C@@H](F)CN3C)nc3c(F)c(-c4nc(N)cc(C)c4C)c(Cl)cc23)[C@@H](C)C1. The van der Waals surface area contributed by atoms with Gasteiger partial charge in [0.15, 0.2) is 5.82 Å². The number of aryl methyl sites for hydroxylation is 1. The molecule has 2 aliphatic heterocycles. The molecule has 2 aromatic heterocycles. The van der Waals surface area contributed by atoms with E-state index < -0.39 is 12.0 Å². The van der Waals surface area contributed by atoms with Crippen molar-refractivity contribution in [2.45, 2.75) is 45.4 Å². The van der Waals surface area contributed by atoms with Gasteiger partial charge in [0.1, 0.15) is 29.9 Å². The monoisotopic (exact) mass is 585 g/mol. The number of rotatable bonds is 6. The van der Waals surface area contributed by atoms with Crippen LogP contribution in [0.15, 0.2) is 24.8 Å². The van der Waals surface area contributed by atoms with Crippen molar-refractivity contribution in [3.05, 3.63) is 46.8 Å². The van der Waals surface area contributed by atoms with Crippen LogP contribution in [-0.4, -0.2) is 88.7 Å². The number of anilines is 2. The Labute approximate surface area is 242 Å². The van der Waals surface area contributed by atoms with Crippen LogP contribution >= 0.6 is 11.6 Å². The number of nitrogens with two attached hydrogens (primary N) is 1. The summed E-state index contributed by atoms with van der Waals surface area (Å²) in [5.41, 5.74) is 8.05. The van der Waals surface area contributed by atoms with Crippen LogP contribution in [0.25, 0.3) is 22.2 Å². The minimum absolute atomic E-state index is 0.0191. The molecule has 2 saturated heterocycles. The Morgan fingerprint density at radius 3 is 2.66 bits per heavy atom. The normalized spacial score (nSPS) is 21.5. The quantitative estimate of drug-likeness (QED) is 0.427. The summed E-state index contributed by atoms with van der Waals surface area (Å²) in [7, 11) is 1.84. The molecule has 12 heteroatoms. The number of hydrogen-bond acceptors (Lipinski definition) is 8. The predicted octanol–water partition coefficient (Wildman–Crippen LogP) is 4.33. The van der Waals surface area contributed by atoms with Crippen molar-refractivity contribution < 1.29 is 18.3 Å². The highest BCUT2D eigenvalue weighted by Crippen LogP contribution is 2.40. The highest BCUT2D eigenvalue weighted by Gasteiger charge is 2.32. The molecule has 3 aromatic rings. The highest BCUT2D eigenvalue weighted by molar-refractivity contribution is 6.34. The van der Waals surface area contributed by atoms with E-state index in [2.05, 4.69) is 16.5 Å². The molecule has 9 nitrogen and oxygen atoms in total. The van der Waals surface area contributed by atoms with E-state index in [0.717, 1.165) is 11.1 Å². The van der Waals surface area contributed by atoms with Gasteiger partial charge in [0.2, 0.25) is 5.91 Å². The average molecular weight is 586 g/mol. The summed E-state index contributed by atoms with van der Waals surface area (Å²) in [6, 6.07) is 3.01. The predicted molar refractivity (Wildman–Crippen MR) is 157 cm³/mol. The Morgan fingerprint density at radius 1 is 1.24 bits per heavy atom. The number of likely N-dealkylation sites (tertiary alicyclic amines) is 1. The van der Waals surface area contributed by atoms with Crippen LogP contribution in [0.3, 0.4) is 0 Å². The number of nitrogens with zero attached hydrogens (tertiary/aromatic N) is 6. The maximum atomic E-state index is 16.5. The molecule has 5 rings (SSSR count). The number of fused-ring (bicyclic) bond motifs is 1. The number of pyridine rings is 1. The zero-order chi connectivity index (χ0) is 29.6. The van der Waals surface area contributed by atoms with Crippen LogP contribution in [0.4, 0.5) is 20.4 Å². The molecule has 218 valence electrons. The molecule has 2 N–H and O–H groups in total. The third-order valence-electron chi connectivity index (χ3n) is 8.06. The molecule has 0 aliphatic carbocycles. The molecule has 0 radical (unpaired) electrons. The minimum Gasteiger partial charge on any atom is -0.462 e. The fourth-order valence-electron chi connectivity index (χ4n) is 5.64. The van der Waals surface area contributed by atoms with Gasteiger partial charge in [-0.25, -0.2) is 13.8 Å². The minimum atomic E-state index is -0.934. The third-order valence-corrected chi connectivity index (χ3v) is 8.36. The fraction of sp³-hybridized carbons (Fsp3) is 0.448. The van der Waals surface area contributed by atoms with E-state index in [0.29, 0.717) is 49.5 Å². The molecule has 0 spiro atoms. The second-order valence-electron chi connectivity index (χ2n) is 10.9. The summed E-state index contributed by atoms with van der Waals surface area (Å²) in [4.78, 5) is 31.4. The topological polar surface area (TPSA) is 101 Å². The number of aromatic nitrogens is 3. The van der Waals surface area contributed by atoms with E-state index in [1.165, 1.54) is 6.08 Å². The lowest BCUT2D eigenvalue weighted by Gasteiger charge is -2.40. The third kappa shape index (κ3) is 5.52. The fourth-order valence-corrected chi connectivity index (χ4v) is 5.93. The van der Waals surface area contributed by atoms with E-state index in [1.807, 2.05) is 37.6 Å². The van der Waals surface area contributed by atoms with Gasteiger partial charge >= 0.3 is 6.01 Å². The summed E-state index contributed by atoms with van der Waals surface area (Å²) in [5.74, 6) is -0.138. The van der Waals surface area contributed by atoms with Crippen molar-refractivity contribution in [2.75, 3.05) is 50.5 Å². The maximum absolute atomic E-state index is 16.5. The van der Waals surface area contributed by atoms with E-state index >= 15 is 4.39 Å². The molecule has 4 heterocycles. The largest absolute Gasteiger partial charge is 0.462 e. The molecular formula is C29H34ClF2N7O2. The Balaban J connectivity index is 1.63. The number of likely N-dealkylation sites (N-methyl/N-ethyl adjacent to an activating group) is 1. The molecule has 2 fully saturated rings. The number of carbonyl (C=O) groups excluding carboxylic acids is 1.